The van der Waals surface area contributed by atoms with Gasteiger partial charge in [0.1, 0.15) is 5.82 Å². The van der Waals surface area contributed by atoms with E-state index < -0.39 is 0 Å². The summed E-state index contributed by atoms with van der Waals surface area (Å²) < 4.78 is 13.0. The Hall–Kier alpha value is -1.09. The predicted molar refractivity (Wildman–Crippen MR) is 53.9 cm³/mol. The highest BCUT2D eigenvalue weighted by molar-refractivity contribution is 5.50. The molecular formula is C11H13FN2. The fraction of sp³-hybridized carbons (Fsp3) is 0.455. The van der Waals surface area contributed by atoms with E-state index in [1.807, 2.05) is 6.07 Å². The zero-order valence-electron chi connectivity index (χ0n) is 7.91. The van der Waals surface area contributed by atoms with Crippen molar-refractivity contribution in [2.75, 3.05) is 18.0 Å². The summed E-state index contributed by atoms with van der Waals surface area (Å²) in [6, 6.07) is 8.08. The van der Waals surface area contributed by atoms with Crippen LogP contribution >= 0.6 is 0 Å². The zero-order chi connectivity index (χ0) is 9.54. The van der Waals surface area contributed by atoms with Crippen molar-refractivity contribution in [1.29, 1.82) is 0 Å². The largest absolute Gasteiger partial charge is 0.366 e. The van der Waals surface area contributed by atoms with E-state index in [0.29, 0.717) is 12.1 Å². The topological polar surface area (TPSA) is 15.3 Å². The van der Waals surface area contributed by atoms with Gasteiger partial charge in [-0.05, 0) is 24.6 Å². The van der Waals surface area contributed by atoms with Crippen molar-refractivity contribution < 1.29 is 4.39 Å². The summed E-state index contributed by atoms with van der Waals surface area (Å²) in [6.07, 6.45) is 1.20. The van der Waals surface area contributed by atoms with Gasteiger partial charge < -0.3 is 10.2 Å². The van der Waals surface area contributed by atoms with Gasteiger partial charge in [-0.15, -0.1) is 0 Å². The van der Waals surface area contributed by atoms with Crippen LogP contribution in [0.1, 0.15) is 6.42 Å². The van der Waals surface area contributed by atoms with Crippen molar-refractivity contribution >= 4 is 5.69 Å². The molecule has 1 aromatic carbocycles. The highest BCUT2D eigenvalue weighted by atomic mass is 19.1. The summed E-state index contributed by atoms with van der Waals surface area (Å²) >= 11 is 0. The van der Waals surface area contributed by atoms with Crippen molar-refractivity contribution in [3.63, 3.8) is 0 Å². The first-order chi connectivity index (χ1) is 6.83. The molecule has 1 N–H and O–H groups in total. The number of benzene rings is 1. The first kappa shape index (κ1) is 8.24. The maximum absolute atomic E-state index is 13.0. The summed E-state index contributed by atoms with van der Waals surface area (Å²) in [6.45, 7) is 2.06. The second kappa shape index (κ2) is 2.95. The molecule has 2 heterocycles. The summed E-state index contributed by atoms with van der Waals surface area (Å²) in [5.41, 5.74) is 1.03. The van der Waals surface area contributed by atoms with Crippen LogP contribution in [0.5, 0.6) is 0 Å². The average Bonchev–Trinajstić information content (AvgIpc) is 2.78. The van der Waals surface area contributed by atoms with Gasteiger partial charge in [0.25, 0.3) is 0 Å². The second-order valence-corrected chi connectivity index (χ2v) is 4.13. The fourth-order valence-electron chi connectivity index (χ4n) is 2.53. The minimum absolute atomic E-state index is 0.141. The van der Waals surface area contributed by atoms with E-state index >= 15 is 0 Å². The third-order valence-corrected chi connectivity index (χ3v) is 3.20. The SMILES string of the molecule is Fc1cccc(N2C[C@@H]3C[C@H]2CN3)c1. The molecule has 0 radical (unpaired) electrons. The molecule has 74 valence electrons. The van der Waals surface area contributed by atoms with Crippen LogP contribution in [0.4, 0.5) is 10.1 Å². The van der Waals surface area contributed by atoms with Gasteiger partial charge in [-0.3, -0.25) is 0 Å². The molecular weight excluding hydrogens is 179 g/mol. The molecule has 2 atom stereocenters. The van der Waals surface area contributed by atoms with E-state index in [0.717, 1.165) is 18.8 Å². The Bertz CT molecular complexity index is 353. The van der Waals surface area contributed by atoms with Crippen molar-refractivity contribution in [1.82, 2.24) is 5.32 Å². The van der Waals surface area contributed by atoms with Gasteiger partial charge in [-0.1, -0.05) is 6.07 Å². The highest BCUT2D eigenvalue weighted by Crippen LogP contribution is 2.29. The molecule has 0 aromatic heterocycles. The molecule has 0 unspecified atom stereocenters. The summed E-state index contributed by atoms with van der Waals surface area (Å²) in [7, 11) is 0. The molecule has 0 spiro atoms. The maximum atomic E-state index is 13.0. The van der Waals surface area contributed by atoms with E-state index in [1.165, 1.54) is 12.5 Å². The van der Waals surface area contributed by atoms with E-state index in [-0.39, 0.29) is 5.82 Å². The molecule has 2 nitrogen and oxygen atoms in total. The molecule has 2 fully saturated rings. The van der Waals surface area contributed by atoms with Crippen LogP contribution in [0.15, 0.2) is 24.3 Å². The number of hydrogen-bond acceptors (Lipinski definition) is 2. The van der Waals surface area contributed by atoms with Crippen LogP contribution in [0, 0.1) is 5.82 Å². The lowest BCUT2D eigenvalue weighted by atomic mass is 10.2. The number of hydrogen-bond donors (Lipinski definition) is 1. The lowest BCUT2D eigenvalue weighted by Crippen LogP contribution is -2.43. The van der Waals surface area contributed by atoms with Crippen LogP contribution in [0.3, 0.4) is 0 Å². The van der Waals surface area contributed by atoms with Crippen LogP contribution in [-0.4, -0.2) is 25.2 Å². The number of fused-ring (bicyclic) bond motifs is 2. The molecule has 0 saturated carbocycles. The first-order valence-corrected chi connectivity index (χ1v) is 5.08. The van der Waals surface area contributed by atoms with E-state index in [4.69, 9.17) is 0 Å². The Morgan fingerprint density at radius 1 is 1.43 bits per heavy atom. The lowest BCUT2D eigenvalue weighted by molar-refractivity contribution is 0.577. The van der Waals surface area contributed by atoms with E-state index in [2.05, 4.69) is 10.2 Å². The molecule has 0 aliphatic carbocycles. The number of anilines is 1. The van der Waals surface area contributed by atoms with Crippen LogP contribution in [0.25, 0.3) is 0 Å². The summed E-state index contributed by atoms with van der Waals surface area (Å²) in [5, 5.41) is 3.43. The van der Waals surface area contributed by atoms with Crippen molar-refractivity contribution in [3.05, 3.63) is 30.1 Å². The molecule has 14 heavy (non-hydrogen) atoms. The van der Waals surface area contributed by atoms with Crippen LogP contribution < -0.4 is 10.2 Å². The van der Waals surface area contributed by atoms with Gasteiger partial charge in [0.15, 0.2) is 0 Å². The summed E-state index contributed by atoms with van der Waals surface area (Å²) in [5.74, 6) is -0.141. The number of nitrogens with zero attached hydrogens (tertiary/aromatic N) is 1. The van der Waals surface area contributed by atoms with E-state index in [1.54, 1.807) is 12.1 Å². The monoisotopic (exact) mass is 192 g/mol. The van der Waals surface area contributed by atoms with Gasteiger partial charge in [0, 0.05) is 30.9 Å². The number of halogens is 1. The van der Waals surface area contributed by atoms with Crippen molar-refractivity contribution in [2.45, 2.75) is 18.5 Å². The van der Waals surface area contributed by atoms with Crippen molar-refractivity contribution in [3.8, 4) is 0 Å². The molecule has 0 amide bonds. The van der Waals surface area contributed by atoms with Crippen LogP contribution in [-0.2, 0) is 0 Å². The highest BCUT2D eigenvalue weighted by Gasteiger charge is 2.37. The number of rotatable bonds is 1. The molecule has 2 saturated heterocycles. The third kappa shape index (κ3) is 1.20. The fourth-order valence-corrected chi connectivity index (χ4v) is 2.53. The lowest BCUT2D eigenvalue weighted by Gasteiger charge is -2.29. The van der Waals surface area contributed by atoms with Gasteiger partial charge in [-0.25, -0.2) is 4.39 Å². The molecule has 2 aliphatic heterocycles. The standard InChI is InChI=1S/C11H13FN2/c12-8-2-1-3-10(4-8)14-7-9-5-11(14)6-13-9/h1-4,9,11,13H,5-7H2/t9-,11-/m0/s1. The summed E-state index contributed by atoms with van der Waals surface area (Å²) in [4.78, 5) is 2.31. The Morgan fingerprint density at radius 2 is 2.36 bits per heavy atom. The first-order valence-electron chi connectivity index (χ1n) is 5.08. The molecule has 3 heteroatoms. The Kier molecular flexibility index (Phi) is 1.74. The number of piperazine rings is 1. The minimum atomic E-state index is -0.141. The quantitative estimate of drug-likeness (QED) is 0.723. The number of nitrogens with one attached hydrogen (secondary N) is 1. The van der Waals surface area contributed by atoms with Gasteiger partial charge in [0.05, 0.1) is 0 Å². The van der Waals surface area contributed by atoms with Gasteiger partial charge in [0.2, 0.25) is 0 Å². The zero-order valence-corrected chi connectivity index (χ0v) is 7.91. The molecule has 2 bridgehead atoms. The smallest absolute Gasteiger partial charge is 0.125 e. The Morgan fingerprint density at radius 3 is 3.00 bits per heavy atom. The molecule has 2 aliphatic rings. The predicted octanol–water partition coefficient (Wildman–Crippen LogP) is 1.38. The van der Waals surface area contributed by atoms with Gasteiger partial charge in [-0.2, -0.15) is 0 Å². The molecule has 1 aromatic rings. The van der Waals surface area contributed by atoms with Crippen LogP contribution in [0.2, 0.25) is 0 Å². The normalized spacial score (nSPS) is 29.9. The molecule has 3 rings (SSSR count). The Balaban J connectivity index is 1.89. The second-order valence-electron chi connectivity index (χ2n) is 4.13. The minimum Gasteiger partial charge on any atom is -0.366 e. The van der Waals surface area contributed by atoms with Gasteiger partial charge >= 0.3 is 0 Å². The Labute approximate surface area is 82.7 Å². The van der Waals surface area contributed by atoms with E-state index in [9.17, 15) is 4.39 Å². The third-order valence-electron chi connectivity index (χ3n) is 3.20. The maximum Gasteiger partial charge on any atom is 0.125 e. The average molecular weight is 192 g/mol. The van der Waals surface area contributed by atoms with Crippen molar-refractivity contribution in [2.24, 2.45) is 0 Å².